The van der Waals surface area contributed by atoms with Gasteiger partial charge in [-0.1, -0.05) is 46.4 Å². The quantitative estimate of drug-likeness (QED) is 0.544. The Hall–Kier alpha value is 1.45. The first-order valence-electron chi connectivity index (χ1n) is 1.80. The van der Waals surface area contributed by atoms with Gasteiger partial charge in [0.25, 0.3) is 0 Å². The van der Waals surface area contributed by atoms with Gasteiger partial charge in [-0.05, 0) is 0 Å². The van der Waals surface area contributed by atoms with Gasteiger partial charge in [0.15, 0.2) is 8.67 Å². The Morgan fingerprint density at radius 1 is 0.875 bits per heavy atom. The number of halogens is 5. The summed E-state index contributed by atoms with van der Waals surface area (Å²) in [7, 11) is 0. The van der Waals surface area contributed by atoms with Crippen molar-refractivity contribution in [3.8, 4) is 0 Å². The number of hydrogen-bond acceptors (Lipinski definition) is 0. The van der Waals surface area contributed by atoms with Crippen LogP contribution >= 0.6 is 58.0 Å². The van der Waals surface area contributed by atoms with Crippen LogP contribution < -0.4 is 0 Å². The molecular weight excluding hydrogens is 213 g/mol. The summed E-state index contributed by atoms with van der Waals surface area (Å²) in [6, 6.07) is 0. The summed E-state index contributed by atoms with van der Waals surface area (Å²) in [5.74, 6) is 0. The molecule has 1 saturated carbocycles. The van der Waals surface area contributed by atoms with Crippen LogP contribution in [0.5, 0.6) is 0 Å². The van der Waals surface area contributed by atoms with E-state index in [1.807, 2.05) is 0 Å². The van der Waals surface area contributed by atoms with Gasteiger partial charge in [0.1, 0.15) is 5.38 Å². The Bertz CT molecular complexity index is 103. The second kappa shape index (κ2) is 1.73. The molecule has 0 saturated heterocycles. The summed E-state index contributed by atoms with van der Waals surface area (Å²) >= 11 is 27.3. The number of hydrogen-bond donors (Lipinski definition) is 0. The molecule has 0 bridgehead atoms. The molecule has 0 radical (unpaired) electrons. The smallest absolute Gasteiger partial charge is 0.116 e. The molecule has 48 valence electrons. The van der Waals surface area contributed by atoms with E-state index in [0.29, 0.717) is 0 Å². The van der Waals surface area contributed by atoms with Crippen LogP contribution in [0.15, 0.2) is 0 Å². The third-order valence-corrected chi connectivity index (χ3v) is 4.55. The fraction of sp³-hybridized carbons (Fsp3) is 1.00. The van der Waals surface area contributed by atoms with E-state index in [4.69, 9.17) is 58.0 Å². The minimum absolute atomic E-state index is 0.554. The van der Waals surface area contributed by atoms with Gasteiger partial charge in [-0.2, -0.15) is 0 Å². The van der Waals surface area contributed by atoms with E-state index in [1.54, 1.807) is 0 Å². The third kappa shape index (κ3) is 0.741. The van der Waals surface area contributed by atoms with E-state index >= 15 is 0 Å². The first kappa shape index (κ1) is 7.56. The molecule has 0 amide bonds. The Balaban J connectivity index is 2.72. The van der Waals surface area contributed by atoms with Gasteiger partial charge in [0.05, 0.1) is 0 Å². The topological polar surface area (TPSA) is 0 Å². The van der Waals surface area contributed by atoms with Gasteiger partial charge in [-0.3, -0.25) is 0 Å². The first-order valence-corrected chi connectivity index (χ1v) is 3.75. The summed E-state index contributed by atoms with van der Waals surface area (Å²) in [6.45, 7) is 0. The average molecular weight is 214 g/mol. The van der Waals surface area contributed by atoms with Crippen molar-refractivity contribution in [2.24, 2.45) is 0 Å². The van der Waals surface area contributed by atoms with Gasteiger partial charge in [0, 0.05) is 0 Å². The molecule has 1 aliphatic rings. The van der Waals surface area contributed by atoms with Gasteiger partial charge in [-0.25, -0.2) is 0 Å². The summed E-state index contributed by atoms with van der Waals surface area (Å²) in [5.41, 5.74) is 0. The molecule has 1 rings (SSSR count). The molecule has 1 fully saturated rings. The van der Waals surface area contributed by atoms with Crippen LogP contribution in [-0.4, -0.2) is 14.0 Å². The van der Waals surface area contributed by atoms with Crippen molar-refractivity contribution < 1.29 is 0 Å². The van der Waals surface area contributed by atoms with Crippen molar-refractivity contribution in [1.29, 1.82) is 0 Å². The summed E-state index contributed by atoms with van der Waals surface area (Å²) in [5, 5.41) is -0.554. The lowest BCUT2D eigenvalue weighted by atomic mass is 10.9. The lowest BCUT2D eigenvalue weighted by Crippen LogP contribution is -1.96. The molecule has 0 aromatic rings. The van der Waals surface area contributed by atoms with E-state index in [1.165, 1.54) is 0 Å². The first-order chi connectivity index (χ1) is 3.40. The number of rotatable bonds is 0. The average Bonchev–Trinajstić information content (AvgIpc) is 1.88. The molecule has 0 heterocycles. The van der Waals surface area contributed by atoms with Crippen LogP contribution in [0.1, 0.15) is 0 Å². The largest absolute Gasteiger partial charge is 0.171 e. The predicted molar refractivity (Wildman–Crippen MR) is 38.5 cm³/mol. The van der Waals surface area contributed by atoms with Crippen molar-refractivity contribution in [3.05, 3.63) is 0 Å². The molecule has 0 nitrogen and oxygen atoms in total. The van der Waals surface area contributed by atoms with Crippen molar-refractivity contribution in [2.75, 3.05) is 0 Å². The van der Waals surface area contributed by atoms with Gasteiger partial charge in [-0.15, -0.1) is 11.6 Å². The highest BCUT2D eigenvalue weighted by Gasteiger charge is 2.75. The van der Waals surface area contributed by atoms with Gasteiger partial charge in [0.2, 0.25) is 0 Å². The van der Waals surface area contributed by atoms with Crippen LogP contribution in [0.25, 0.3) is 0 Å². The van der Waals surface area contributed by atoms with Crippen LogP contribution in [0.3, 0.4) is 0 Å². The molecule has 5 heteroatoms. The second-order valence-corrected chi connectivity index (χ2v) is 4.82. The van der Waals surface area contributed by atoms with Crippen molar-refractivity contribution >= 4 is 58.0 Å². The monoisotopic (exact) mass is 212 g/mol. The summed E-state index contributed by atoms with van der Waals surface area (Å²) < 4.78 is -2.31. The maximum absolute atomic E-state index is 5.45. The lowest BCUT2D eigenvalue weighted by Gasteiger charge is -1.92. The molecule has 0 aromatic carbocycles. The zero-order chi connectivity index (χ0) is 6.58. The highest BCUT2D eigenvalue weighted by molar-refractivity contribution is 6.73. The zero-order valence-electron chi connectivity index (χ0n) is 3.47. The Labute approximate surface area is 72.0 Å². The second-order valence-electron chi connectivity index (χ2n) is 1.61. The highest BCUT2D eigenvalue weighted by Crippen LogP contribution is 2.66. The molecule has 0 aliphatic heterocycles. The molecule has 0 unspecified atom stereocenters. The van der Waals surface area contributed by atoms with E-state index in [2.05, 4.69) is 0 Å². The Morgan fingerprint density at radius 2 is 1.00 bits per heavy atom. The van der Waals surface area contributed by atoms with E-state index < -0.39 is 14.0 Å². The van der Waals surface area contributed by atoms with Gasteiger partial charge >= 0.3 is 0 Å². The molecular formula is C3HCl5. The molecule has 1 aliphatic carbocycles. The van der Waals surface area contributed by atoms with E-state index in [0.717, 1.165) is 0 Å². The maximum atomic E-state index is 5.45. The SMILES string of the molecule is ClC1C(Cl)(Cl)C1(Cl)Cl. The fourth-order valence-corrected chi connectivity index (χ4v) is 1.91. The third-order valence-electron chi connectivity index (χ3n) is 0.998. The fourth-order valence-electron chi connectivity index (χ4n) is 0.306. The van der Waals surface area contributed by atoms with Crippen molar-refractivity contribution in [1.82, 2.24) is 0 Å². The van der Waals surface area contributed by atoms with E-state index in [-0.39, 0.29) is 0 Å². The standard InChI is InChI=1S/C3HCl5/c4-1-2(5,6)3(1,7)8/h1H. The maximum Gasteiger partial charge on any atom is 0.171 e. The minimum Gasteiger partial charge on any atom is -0.116 e. The molecule has 0 spiro atoms. The van der Waals surface area contributed by atoms with Crippen LogP contribution in [0.2, 0.25) is 0 Å². The molecule has 8 heavy (non-hydrogen) atoms. The van der Waals surface area contributed by atoms with Gasteiger partial charge < -0.3 is 0 Å². The number of alkyl halides is 5. The molecule has 0 atom stereocenters. The lowest BCUT2D eigenvalue weighted by molar-refractivity contribution is 1.29. The summed E-state index contributed by atoms with van der Waals surface area (Å²) in [6.07, 6.45) is 0. The summed E-state index contributed by atoms with van der Waals surface area (Å²) in [4.78, 5) is 0. The van der Waals surface area contributed by atoms with Crippen molar-refractivity contribution in [3.63, 3.8) is 0 Å². The van der Waals surface area contributed by atoms with Crippen LogP contribution in [0, 0.1) is 0 Å². The highest BCUT2D eigenvalue weighted by atomic mass is 35.5. The minimum atomic E-state index is -1.16. The Morgan fingerprint density at radius 3 is 1.00 bits per heavy atom. The van der Waals surface area contributed by atoms with Crippen molar-refractivity contribution in [2.45, 2.75) is 14.0 Å². The molecule has 0 aromatic heterocycles. The predicted octanol–water partition coefficient (Wildman–Crippen LogP) is 2.96. The Kier molecular flexibility index (Phi) is 1.64. The zero-order valence-corrected chi connectivity index (χ0v) is 7.25. The van der Waals surface area contributed by atoms with Crippen LogP contribution in [-0.2, 0) is 0 Å². The van der Waals surface area contributed by atoms with Crippen LogP contribution in [0.4, 0.5) is 0 Å². The molecule has 0 N–H and O–H groups in total. The van der Waals surface area contributed by atoms with E-state index in [9.17, 15) is 0 Å². The normalized spacial score (nSPS) is 32.6.